The molecule has 0 atom stereocenters. The lowest BCUT2D eigenvalue weighted by Crippen LogP contribution is -2.21. The van der Waals surface area contributed by atoms with E-state index in [1.807, 2.05) is 0 Å². The lowest BCUT2D eigenvalue weighted by atomic mass is 10.8. The molecule has 70 valence electrons. The van der Waals surface area contributed by atoms with Gasteiger partial charge in [-0.3, -0.25) is 9.27 Å². The largest absolute Gasteiger partial charge is 0.286 e. The summed E-state index contributed by atoms with van der Waals surface area (Å²) >= 11 is 8.09. The molecular weight excluding hydrogens is 226 g/mol. The van der Waals surface area contributed by atoms with Crippen LogP contribution in [0.1, 0.15) is 0 Å². The molecule has 11 heavy (non-hydrogen) atoms. The van der Waals surface area contributed by atoms with Crippen molar-refractivity contribution < 1.29 is 13.0 Å². The van der Waals surface area contributed by atoms with Gasteiger partial charge >= 0.3 is 0 Å². The Hall–Kier alpha value is 0.920. The molecule has 0 aliphatic rings. The number of thiol groups is 2. The Morgan fingerprint density at radius 1 is 1.45 bits per heavy atom. The van der Waals surface area contributed by atoms with Gasteiger partial charge in [-0.05, 0) is 6.26 Å². The molecule has 8 heteroatoms. The summed E-state index contributed by atoms with van der Waals surface area (Å²) in [7, 11) is -5.35. The van der Waals surface area contributed by atoms with Crippen molar-refractivity contribution in [1.29, 1.82) is 0 Å². The lowest BCUT2D eigenvalue weighted by molar-refractivity contribution is 0.483. The first kappa shape index (κ1) is 11.9. The summed E-state index contributed by atoms with van der Waals surface area (Å²) in [5.74, 6) is -0.309. The van der Waals surface area contributed by atoms with E-state index in [0.29, 0.717) is 0 Å². The van der Waals surface area contributed by atoms with Crippen molar-refractivity contribution in [2.75, 3.05) is 18.6 Å². The third-order valence-electron chi connectivity index (χ3n) is 0.736. The van der Waals surface area contributed by atoms with Crippen molar-refractivity contribution >= 4 is 41.7 Å². The smallest absolute Gasteiger partial charge is 0.266 e. The van der Waals surface area contributed by atoms with Gasteiger partial charge in [0.15, 0.2) is 0 Å². The third kappa shape index (κ3) is 10.9. The highest BCUT2D eigenvalue weighted by Gasteiger charge is 2.08. The highest BCUT2D eigenvalue weighted by Crippen LogP contribution is 2.48. The van der Waals surface area contributed by atoms with E-state index in [0.717, 1.165) is 0 Å². The Morgan fingerprint density at radius 3 is 2.18 bits per heavy atom. The van der Waals surface area contributed by atoms with Crippen LogP contribution in [0, 0.1) is 0 Å². The predicted molar refractivity (Wildman–Crippen MR) is 55.9 cm³/mol. The third-order valence-corrected chi connectivity index (χ3v) is 2.98. The van der Waals surface area contributed by atoms with Gasteiger partial charge in [-0.2, -0.15) is 8.42 Å². The Bertz CT molecular complexity index is 205. The Balaban J connectivity index is 3.61. The van der Waals surface area contributed by atoms with Crippen LogP contribution in [0.3, 0.4) is 0 Å². The second-order valence-electron chi connectivity index (χ2n) is 2.01. The number of rotatable bonds is 4. The molecule has 0 radical (unpaired) electrons. The summed E-state index contributed by atoms with van der Waals surface area (Å²) in [6, 6.07) is 0. The highest BCUT2D eigenvalue weighted by atomic mass is 33.5. The van der Waals surface area contributed by atoms with Gasteiger partial charge < -0.3 is 0 Å². The van der Waals surface area contributed by atoms with Crippen LogP contribution < -0.4 is 4.72 Å². The topological polar surface area (TPSA) is 66.4 Å². The highest BCUT2D eigenvalue weighted by molar-refractivity contribution is 9.17. The maximum absolute atomic E-state index is 10.2. The van der Waals surface area contributed by atoms with Crippen LogP contribution in [0.25, 0.3) is 0 Å². The van der Waals surface area contributed by atoms with Crippen molar-refractivity contribution in [3.05, 3.63) is 0 Å². The average Bonchev–Trinajstić information content (AvgIpc) is 1.55. The minimum absolute atomic E-state index is 0.164. The van der Waals surface area contributed by atoms with Gasteiger partial charge in [-0.15, -0.1) is 23.3 Å². The first-order chi connectivity index (χ1) is 4.71. The molecule has 0 aromatic rings. The lowest BCUT2D eigenvalue weighted by Gasteiger charge is -2.23. The van der Waals surface area contributed by atoms with Crippen molar-refractivity contribution in [2.24, 2.45) is 0 Å². The zero-order chi connectivity index (χ0) is 9.12. The summed E-state index contributed by atoms with van der Waals surface area (Å²) < 4.78 is 31.4. The van der Waals surface area contributed by atoms with Crippen LogP contribution in [0.2, 0.25) is 0 Å². The molecule has 0 aliphatic carbocycles. The Morgan fingerprint density at radius 2 is 1.91 bits per heavy atom. The fraction of sp³-hybridized carbons (Fsp3) is 1.00. The van der Waals surface area contributed by atoms with Crippen LogP contribution in [-0.2, 0) is 10.1 Å². The minimum atomic E-state index is -3.86. The monoisotopic (exact) mass is 237 g/mol. The van der Waals surface area contributed by atoms with Gasteiger partial charge in [-0.1, -0.05) is 8.28 Å². The first-order valence-corrected chi connectivity index (χ1v) is 8.39. The van der Waals surface area contributed by atoms with Gasteiger partial charge in [0.25, 0.3) is 10.1 Å². The van der Waals surface area contributed by atoms with E-state index in [1.165, 1.54) is 0 Å². The Kier molecular flexibility index (Phi) is 4.59. The number of nitrogens with one attached hydrogen (secondary N) is 1. The quantitative estimate of drug-likeness (QED) is 0.327. The summed E-state index contributed by atoms with van der Waals surface area (Å²) in [6.45, 7) is 0.164. The van der Waals surface area contributed by atoms with Crippen molar-refractivity contribution in [3.8, 4) is 0 Å². The SMILES string of the molecule is CS(S)(S)NCCS(=O)(=O)O. The summed E-state index contributed by atoms with van der Waals surface area (Å²) in [4.78, 5) is 0. The molecule has 0 rings (SSSR count). The summed E-state index contributed by atoms with van der Waals surface area (Å²) in [6.07, 6.45) is 1.74. The first-order valence-electron chi connectivity index (χ1n) is 2.64. The van der Waals surface area contributed by atoms with Gasteiger partial charge in [0.1, 0.15) is 0 Å². The van der Waals surface area contributed by atoms with E-state index in [1.54, 1.807) is 6.26 Å². The van der Waals surface area contributed by atoms with Gasteiger partial charge in [-0.25, -0.2) is 0 Å². The maximum Gasteiger partial charge on any atom is 0.266 e. The van der Waals surface area contributed by atoms with E-state index in [2.05, 4.69) is 28.0 Å². The predicted octanol–water partition coefficient (Wildman–Crippen LogP) is 0.503. The average molecular weight is 237 g/mol. The van der Waals surface area contributed by atoms with Crippen LogP contribution >= 0.6 is 31.6 Å². The van der Waals surface area contributed by atoms with E-state index >= 15 is 0 Å². The zero-order valence-corrected chi connectivity index (χ0v) is 9.31. The second kappa shape index (κ2) is 4.24. The molecule has 0 bridgehead atoms. The van der Waals surface area contributed by atoms with Gasteiger partial charge in [0.2, 0.25) is 0 Å². The Labute approximate surface area is 78.0 Å². The van der Waals surface area contributed by atoms with Crippen molar-refractivity contribution in [1.82, 2.24) is 4.72 Å². The maximum atomic E-state index is 10.2. The van der Waals surface area contributed by atoms with Gasteiger partial charge in [0.05, 0.1) is 5.75 Å². The van der Waals surface area contributed by atoms with E-state index in [4.69, 9.17) is 4.55 Å². The van der Waals surface area contributed by atoms with E-state index in [9.17, 15) is 8.42 Å². The van der Waals surface area contributed by atoms with Crippen LogP contribution in [0.15, 0.2) is 0 Å². The molecule has 0 spiro atoms. The van der Waals surface area contributed by atoms with Crippen molar-refractivity contribution in [2.45, 2.75) is 0 Å². The molecule has 0 unspecified atom stereocenters. The molecule has 2 N–H and O–H groups in total. The normalized spacial score (nSPS) is 14.9. The zero-order valence-electron chi connectivity index (χ0n) is 5.89. The molecule has 0 fully saturated rings. The van der Waals surface area contributed by atoms with Gasteiger partial charge in [0, 0.05) is 6.54 Å². The molecule has 0 amide bonds. The van der Waals surface area contributed by atoms with Crippen molar-refractivity contribution in [3.63, 3.8) is 0 Å². The molecule has 0 heterocycles. The second-order valence-corrected chi connectivity index (χ2v) is 10.8. The van der Waals surface area contributed by atoms with E-state index in [-0.39, 0.29) is 12.3 Å². The molecule has 0 saturated carbocycles. The standard InChI is InChI=1S/C3H11NO3S4/c1-10(8,9)4-2-3-11(5,6)7/h4,8-9H,2-3H2,1H3,(H,5,6,7). The molecule has 0 saturated heterocycles. The number of hydrogen-bond acceptors (Lipinski definition) is 5. The minimum Gasteiger partial charge on any atom is -0.286 e. The van der Waals surface area contributed by atoms with Crippen LogP contribution in [0.4, 0.5) is 0 Å². The fourth-order valence-corrected chi connectivity index (χ4v) is 1.89. The van der Waals surface area contributed by atoms with Crippen LogP contribution in [-0.4, -0.2) is 31.5 Å². The molecule has 0 aliphatic heterocycles. The fourth-order valence-electron chi connectivity index (χ4n) is 0.364. The summed E-state index contributed by atoms with van der Waals surface area (Å²) in [5.41, 5.74) is 0. The number of hydrogen-bond donors (Lipinski definition) is 4. The van der Waals surface area contributed by atoms with E-state index < -0.39 is 18.4 Å². The molecule has 0 aromatic heterocycles. The molecule has 4 nitrogen and oxygen atoms in total. The molecule has 0 aromatic carbocycles. The van der Waals surface area contributed by atoms with Crippen LogP contribution in [0.5, 0.6) is 0 Å². The molecular formula is C3H11NO3S4. The summed E-state index contributed by atoms with van der Waals surface area (Å²) in [5, 5.41) is 0.